The highest BCUT2D eigenvalue weighted by molar-refractivity contribution is 5.57. The molecule has 11 heteroatoms. The number of aromatic amines is 1. The van der Waals surface area contributed by atoms with Crippen LogP contribution in [0.5, 0.6) is 0 Å². The number of nitrogens with zero attached hydrogens (tertiary/aromatic N) is 1. The maximum atomic E-state index is 11.7. The predicted molar refractivity (Wildman–Crippen MR) is 66.7 cm³/mol. The number of aromatic nitrogens is 2. The molecule has 1 aromatic heterocycles. The fourth-order valence-electron chi connectivity index (χ4n) is 2.08. The molecule has 3 atom stereocenters. The van der Waals surface area contributed by atoms with E-state index in [1.807, 2.05) is 4.98 Å². The Balaban J connectivity index is 2.17. The highest BCUT2D eigenvalue weighted by Crippen LogP contribution is 2.30. The van der Waals surface area contributed by atoms with Crippen molar-refractivity contribution in [2.24, 2.45) is 0 Å². The molecular formula is C11H12N2O9. The summed E-state index contributed by atoms with van der Waals surface area (Å²) in [5, 5.41) is 17.1. The van der Waals surface area contributed by atoms with Crippen LogP contribution in [0.2, 0.25) is 0 Å². The van der Waals surface area contributed by atoms with Crippen LogP contribution in [0.4, 0.5) is 9.59 Å². The van der Waals surface area contributed by atoms with Gasteiger partial charge in [-0.1, -0.05) is 0 Å². The second-order valence-electron chi connectivity index (χ2n) is 4.38. The van der Waals surface area contributed by atoms with Crippen molar-refractivity contribution in [3.8, 4) is 0 Å². The van der Waals surface area contributed by atoms with Gasteiger partial charge in [0.2, 0.25) is 0 Å². The maximum Gasteiger partial charge on any atom is 0.506 e. The van der Waals surface area contributed by atoms with Crippen molar-refractivity contribution in [1.29, 1.82) is 0 Å². The van der Waals surface area contributed by atoms with Crippen LogP contribution in [-0.4, -0.2) is 50.9 Å². The van der Waals surface area contributed by atoms with Gasteiger partial charge in [0.15, 0.2) is 0 Å². The molecule has 22 heavy (non-hydrogen) atoms. The van der Waals surface area contributed by atoms with Crippen LogP contribution in [-0.2, 0) is 14.2 Å². The molecule has 1 saturated heterocycles. The summed E-state index contributed by atoms with van der Waals surface area (Å²) in [6.07, 6.45) is -4.91. The van der Waals surface area contributed by atoms with Gasteiger partial charge in [-0.2, -0.15) is 0 Å². The van der Waals surface area contributed by atoms with E-state index in [9.17, 15) is 19.2 Å². The Morgan fingerprint density at radius 3 is 2.68 bits per heavy atom. The van der Waals surface area contributed by atoms with Crippen LogP contribution in [0.25, 0.3) is 0 Å². The first-order valence-electron chi connectivity index (χ1n) is 6.09. The molecule has 0 radical (unpaired) electrons. The summed E-state index contributed by atoms with van der Waals surface area (Å²) in [6.45, 7) is -0.456. The zero-order valence-electron chi connectivity index (χ0n) is 11.0. The molecule has 11 nitrogen and oxygen atoms in total. The normalized spacial score (nSPS) is 23.9. The highest BCUT2D eigenvalue weighted by atomic mass is 16.7. The largest absolute Gasteiger partial charge is 0.506 e. The summed E-state index contributed by atoms with van der Waals surface area (Å²) < 4.78 is 15.4. The number of rotatable bonds is 4. The van der Waals surface area contributed by atoms with E-state index in [1.54, 1.807) is 0 Å². The lowest BCUT2D eigenvalue weighted by Gasteiger charge is -2.16. The Morgan fingerprint density at radius 1 is 1.36 bits per heavy atom. The third-order valence-electron chi connectivity index (χ3n) is 2.97. The summed E-state index contributed by atoms with van der Waals surface area (Å²) in [5.74, 6) is 0. The molecule has 1 fully saturated rings. The van der Waals surface area contributed by atoms with Crippen molar-refractivity contribution >= 4 is 12.3 Å². The van der Waals surface area contributed by atoms with E-state index in [-0.39, 0.29) is 6.42 Å². The zero-order valence-corrected chi connectivity index (χ0v) is 11.0. The molecule has 0 saturated carbocycles. The van der Waals surface area contributed by atoms with E-state index < -0.39 is 48.6 Å². The minimum Gasteiger partial charge on any atom is -0.450 e. The molecule has 1 aromatic rings. The van der Waals surface area contributed by atoms with Crippen molar-refractivity contribution in [3.63, 3.8) is 0 Å². The van der Waals surface area contributed by atoms with E-state index in [0.29, 0.717) is 0 Å². The van der Waals surface area contributed by atoms with Crippen LogP contribution in [0.15, 0.2) is 21.9 Å². The van der Waals surface area contributed by atoms with Crippen LogP contribution < -0.4 is 11.2 Å². The molecule has 2 heterocycles. The van der Waals surface area contributed by atoms with E-state index in [0.717, 1.165) is 10.6 Å². The fraction of sp³-hybridized carbons (Fsp3) is 0.455. The van der Waals surface area contributed by atoms with Gasteiger partial charge in [0.25, 0.3) is 5.56 Å². The molecule has 2 rings (SSSR count). The van der Waals surface area contributed by atoms with E-state index in [1.165, 1.54) is 6.20 Å². The fourth-order valence-corrected chi connectivity index (χ4v) is 2.08. The van der Waals surface area contributed by atoms with Crippen molar-refractivity contribution in [2.75, 3.05) is 6.61 Å². The second-order valence-corrected chi connectivity index (χ2v) is 4.38. The van der Waals surface area contributed by atoms with Gasteiger partial charge in [-0.3, -0.25) is 14.3 Å². The lowest BCUT2D eigenvalue weighted by Crippen LogP contribution is -2.32. The Bertz CT molecular complexity index is 679. The molecule has 1 aliphatic rings. The Labute approximate surface area is 121 Å². The quantitative estimate of drug-likeness (QED) is 0.627. The van der Waals surface area contributed by atoms with Crippen LogP contribution in [0, 0.1) is 0 Å². The molecule has 0 bridgehead atoms. The summed E-state index contributed by atoms with van der Waals surface area (Å²) in [6, 6.07) is 1.10. The van der Waals surface area contributed by atoms with E-state index in [2.05, 4.69) is 9.47 Å². The molecule has 0 spiro atoms. The summed E-state index contributed by atoms with van der Waals surface area (Å²) in [4.78, 5) is 45.8. The van der Waals surface area contributed by atoms with Gasteiger partial charge >= 0.3 is 18.0 Å². The van der Waals surface area contributed by atoms with Crippen molar-refractivity contribution in [2.45, 2.75) is 24.9 Å². The Hall–Kier alpha value is -2.82. The Morgan fingerprint density at radius 2 is 2.09 bits per heavy atom. The summed E-state index contributed by atoms with van der Waals surface area (Å²) >= 11 is 0. The minimum absolute atomic E-state index is 0.0358. The van der Waals surface area contributed by atoms with Gasteiger partial charge in [-0.25, -0.2) is 14.4 Å². The smallest absolute Gasteiger partial charge is 0.450 e. The van der Waals surface area contributed by atoms with Gasteiger partial charge in [-0.15, -0.1) is 0 Å². The monoisotopic (exact) mass is 316 g/mol. The third kappa shape index (κ3) is 3.63. The maximum absolute atomic E-state index is 11.7. The molecule has 0 aliphatic carbocycles. The number of carbonyl (C=O) groups is 2. The summed E-state index contributed by atoms with van der Waals surface area (Å²) in [5.41, 5.74) is -1.34. The number of ether oxygens (including phenoxy) is 3. The van der Waals surface area contributed by atoms with Crippen LogP contribution >= 0.6 is 0 Å². The third-order valence-corrected chi connectivity index (χ3v) is 2.97. The first-order valence-corrected chi connectivity index (χ1v) is 6.09. The lowest BCUT2D eigenvalue weighted by molar-refractivity contribution is -0.0612. The standard InChI is InChI=1S/C11H12N2O9/c14-7-1-2-13(9(15)12-7)8-3-5(22-11(18)19)6(21-8)4-20-10(16)17/h1-2,5-6,8H,3-4H2,(H,16,17)(H,18,19)(H,12,14,15)/t5-,6+,8+/m0/s1. The minimum atomic E-state index is -1.57. The van der Waals surface area contributed by atoms with Crippen LogP contribution in [0.3, 0.4) is 0 Å². The van der Waals surface area contributed by atoms with Crippen molar-refractivity contribution in [1.82, 2.24) is 9.55 Å². The Kier molecular flexibility index (Phi) is 4.46. The number of hydrogen-bond acceptors (Lipinski definition) is 7. The second kappa shape index (κ2) is 6.30. The summed E-state index contributed by atoms with van der Waals surface area (Å²) in [7, 11) is 0. The first kappa shape index (κ1) is 15.6. The van der Waals surface area contributed by atoms with Gasteiger partial charge in [0.1, 0.15) is 25.0 Å². The predicted octanol–water partition coefficient (Wildman–Crippen LogP) is -0.418. The van der Waals surface area contributed by atoms with E-state index >= 15 is 0 Å². The first-order chi connectivity index (χ1) is 10.4. The average Bonchev–Trinajstić information content (AvgIpc) is 2.78. The van der Waals surface area contributed by atoms with Gasteiger partial charge in [0, 0.05) is 18.7 Å². The molecule has 3 N–H and O–H groups in total. The molecular weight excluding hydrogens is 304 g/mol. The molecule has 0 unspecified atom stereocenters. The molecule has 1 aliphatic heterocycles. The van der Waals surface area contributed by atoms with Crippen molar-refractivity contribution < 1.29 is 34.0 Å². The topological polar surface area (TPSA) is 157 Å². The van der Waals surface area contributed by atoms with Gasteiger partial charge < -0.3 is 24.4 Å². The highest BCUT2D eigenvalue weighted by Gasteiger charge is 2.40. The number of nitrogens with one attached hydrogen (secondary N) is 1. The number of H-pyrrole nitrogens is 1. The van der Waals surface area contributed by atoms with E-state index in [4.69, 9.17) is 14.9 Å². The zero-order chi connectivity index (χ0) is 16.3. The van der Waals surface area contributed by atoms with Crippen molar-refractivity contribution in [3.05, 3.63) is 33.1 Å². The average molecular weight is 316 g/mol. The SMILES string of the molecule is O=C(O)OC[C@H]1O[C@@H](n2ccc(=O)[nH]c2=O)C[C@@H]1OC(=O)O. The molecule has 0 amide bonds. The van der Waals surface area contributed by atoms with Gasteiger partial charge in [0.05, 0.1) is 0 Å². The lowest BCUT2D eigenvalue weighted by atomic mass is 10.2. The van der Waals surface area contributed by atoms with Gasteiger partial charge in [-0.05, 0) is 0 Å². The van der Waals surface area contributed by atoms with Crippen LogP contribution in [0.1, 0.15) is 12.6 Å². The molecule has 0 aromatic carbocycles. The number of carboxylic acid groups (broad SMARTS) is 2. The number of hydrogen-bond donors (Lipinski definition) is 3. The molecule has 120 valence electrons.